The van der Waals surface area contributed by atoms with E-state index in [1.807, 2.05) is 0 Å². The van der Waals surface area contributed by atoms with Crippen LogP contribution in [0.2, 0.25) is 5.02 Å². The maximum atomic E-state index is 6.51. The molecule has 114 valence electrons. The third-order valence-electron chi connectivity index (χ3n) is 4.63. The molecule has 1 unspecified atom stereocenters. The molecule has 0 amide bonds. The van der Waals surface area contributed by atoms with Crippen LogP contribution in [0.4, 0.5) is 0 Å². The van der Waals surface area contributed by atoms with Gasteiger partial charge in [-0.2, -0.15) is 5.10 Å². The van der Waals surface area contributed by atoms with Gasteiger partial charge in [0.25, 0.3) is 0 Å². The number of nitrogens with one attached hydrogen (secondary N) is 1. The highest BCUT2D eigenvalue weighted by molar-refractivity contribution is 6.31. The Balaban J connectivity index is 2.07. The van der Waals surface area contributed by atoms with E-state index < -0.39 is 0 Å². The second-order valence-corrected chi connectivity index (χ2v) is 6.33. The zero-order chi connectivity index (χ0) is 14.5. The summed E-state index contributed by atoms with van der Waals surface area (Å²) in [6.45, 7) is 5.15. The van der Waals surface area contributed by atoms with Crippen molar-refractivity contribution < 1.29 is 0 Å². The Bertz CT molecular complexity index is 422. The van der Waals surface area contributed by atoms with Crippen LogP contribution in [0.1, 0.15) is 57.3 Å². The predicted molar refractivity (Wildman–Crippen MR) is 85.4 cm³/mol. The van der Waals surface area contributed by atoms with Crippen LogP contribution in [0.25, 0.3) is 0 Å². The smallest absolute Gasteiger partial charge is 0.0850 e. The molecule has 1 heterocycles. The minimum atomic E-state index is 0.516. The maximum absolute atomic E-state index is 6.51. The average molecular weight is 298 g/mol. The third kappa shape index (κ3) is 3.56. The van der Waals surface area contributed by atoms with Gasteiger partial charge in [-0.3, -0.25) is 4.68 Å². The molecule has 1 atom stereocenters. The third-order valence-corrected chi connectivity index (χ3v) is 5.07. The average Bonchev–Trinajstić information content (AvgIpc) is 3.07. The molecule has 1 saturated carbocycles. The first-order chi connectivity index (χ1) is 9.69. The van der Waals surface area contributed by atoms with Gasteiger partial charge in [0.05, 0.1) is 16.4 Å². The van der Waals surface area contributed by atoms with E-state index in [0.29, 0.717) is 6.04 Å². The van der Waals surface area contributed by atoms with E-state index in [-0.39, 0.29) is 0 Å². The van der Waals surface area contributed by atoms with Crippen molar-refractivity contribution in [3.63, 3.8) is 0 Å². The molecule has 1 aliphatic carbocycles. The second kappa shape index (κ2) is 7.46. The lowest BCUT2D eigenvalue weighted by atomic mass is 9.95. The lowest BCUT2D eigenvalue weighted by Gasteiger charge is -2.20. The summed E-state index contributed by atoms with van der Waals surface area (Å²) in [5, 5.41) is 9.00. The van der Waals surface area contributed by atoms with Gasteiger partial charge in [0, 0.05) is 19.0 Å². The van der Waals surface area contributed by atoms with Gasteiger partial charge in [-0.05, 0) is 32.7 Å². The van der Waals surface area contributed by atoms with Gasteiger partial charge in [0.1, 0.15) is 0 Å². The second-order valence-electron chi connectivity index (χ2n) is 5.95. The van der Waals surface area contributed by atoms with Crippen LogP contribution in [0.3, 0.4) is 0 Å². The van der Waals surface area contributed by atoms with E-state index in [9.17, 15) is 0 Å². The summed E-state index contributed by atoms with van der Waals surface area (Å²) in [4.78, 5) is 0. The Morgan fingerprint density at radius 1 is 1.35 bits per heavy atom. The van der Waals surface area contributed by atoms with Crippen molar-refractivity contribution in [1.29, 1.82) is 0 Å². The predicted octanol–water partition coefficient (Wildman–Crippen LogP) is 3.83. The maximum Gasteiger partial charge on any atom is 0.0850 e. The quantitative estimate of drug-likeness (QED) is 0.829. The van der Waals surface area contributed by atoms with Gasteiger partial charge in [0.15, 0.2) is 0 Å². The molecule has 0 saturated heterocycles. The van der Waals surface area contributed by atoms with Gasteiger partial charge in [-0.15, -0.1) is 0 Å². The van der Waals surface area contributed by atoms with Crippen LogP contribution in [0.5, 0.6) is 0 Å². The van der Waals surface area contributed by atoms with E-state index in [2.05, 4.69) is 36.0 Å². The fourth-order valence-electron chi connectivity index (χ4n) is 3.40. The highest BCUT2D eigenvalue weighted by Gasteiger charge is 2.22. The number of aryl methyl sites for hydroxylation is 2. The number of halogens is 1. The summed E-state index contributed by atoms with van der Waals surface area (Å²) in [6.07, 6.45) is 8.79. The molecule has 1 aliphatic rings. The number of likely N-dealkylation sites (N-methyl/N-ethyl adjacent to an activating group) is 1. The molecule has 1 aromatic rings. The molecule has 0 spiro atoms. The molecular weight excluding hydrogens is 270 g/mol. The van der Waals surface area contributed by atoms with Crippen LogP contribution < -0.4 is 5.32 Å². The van der Waals surface area contributed by atoms with Crippen molar-refractivity contribution in [3.05, 3.63) is 16.4 Å². The van der Waals surface area contributed by atoms with Gasteiger partial charge >= 0.3 is 0 Å². The first kappa shape index (κ1) is 15.8. The highest BCUT2D eigenvalue weighted by atomic mass is 35.5. The summed E-state index contributed by atoms with van der Waals surface area (Å²) >= 11 is 6.51. The molecule has 0 bridgehead atoms. The monoisotopic (exact) mass is 297 g/mol. The van der Waals surface area contributed by atoms with E-state index in [4.69, 9.17) is 11.6 Å². The molecule has 1 fully saturated rings. The molecule has 3 nitrogen and oxygen atoms in total. The van der Waals surface area contributed by atoms with Crippen LogP contribution in [0, 0.1) is 5.92 Å². The summed E-state index contributed by atoms with van der Waals surface area (Å²) in [5.41, 5.74) is 2.25. The van der Waals surface area contributed by atoms with Crippen LogP contribution >= 0.6 is 11.6 Å². The zero-order valence-electron chi connectivity index (χ0n) is 13.1. The zero-order valence-corrected chi connectivity index (χ0v) is 13.8. The Morgan fingerprint density at radius 2 is 2.05 bits per heavy atom. The van der Waals surface area contributed by atoms with Gasteiger partial charge in [-0.1, -0.05) is 44.2 Å². The number of nitrogens with zero attached hydrogens (tertiary/aromatic N) is 2. The normalized spacial score (nSPS) is 17.8. The lowest BCUT2D eigenvalue weighted by molar-refractivity contribution is 0.395. The largest absolute Gasteiger partial charge is 0.317 e. The van der Waals surface area contributed by atoms with Crippen LogP contribution in [-0.2, 0) is 19.4 Å². The van der Waals surface area contributed by atoms with Crippen molar-refractivity contribution in [2.45, 2.75) is 71.4 Å². The Kier molecular flexibility index (Phi) is 5.91. The standard InChI is InChI=1S/C16H28ClN3/c1-4-14-16(17)15(20(5-2)19-14)11-13(18-3)10-12-8-6-7-9-12/h12-13,18H,4-11H2,1-3H3. The molecular formula is C16H28ClN3. The molecule has 4 heteroatoms. The molecule has 2 rings (SSSR count). The summed E-state index contributed by atoms with van der Waals surface area (Å²) in [5.74, 6) is 0.898. The van der Waals surface area contributed by atoms with Crippen molar-refractivity contribution in [2.24, 2.45) is 5.92 Å². The number of hydrogen-bond donors (Lipinski definition) is 1. The number of aromatic nitrogens is 2. The molecule has 1 N–H and O–H groups in total. The fourth-order valence-corrected chi connectivity index (χ4v) is 3.74. The minimum absolute atomic E-state index is 0.516. The van der Waals surface area contributed by atoms with Crippen LogP contribution in [-0.4, -0.2) is 22.9 Å². The first-order valence-corrected chi connectivity index (χ1v) is 8.48. The summed E-state index contributed by atoms with van der Waals surface area (Å²) in [7, 11) is 2.07. The summed E-state index contributed by atoms with van der Waals surface area (Å²) < 4.78 is 2.08. The van der Waals surface area contributed by atoms with Gasteiger partial charge in [0.2, 0.25) is 0 Å². The van der Waals surface area contributed by atoms with Crippen molar-refractivity contribution in [3.8, 4) is 0 Å². The highest BCUT2D eigenvalue weighted by Crippen LogP contribution is 2.30. The van der Waals surface area contributed by atoms with E-state index >= 15 is 0 Å². The van der Waals surface area contributed by atoms with E-state index in [0.717, 1.165) is 36.0 Å². The van der Waals surface area contributed by atoms with Gasteiger partial charge in [-0.25, -0.2) is 0 Å². The molecule has 1 aromatic heterocycles. The van der Waals surface area contributed by atoms with Crippen molar-refractivity contribution >= 4 is 11.6 Å². The number of hydrogen-bond acceptors (Lipinski definition) is 2. The number of rotatable bonds is 7. The Labute approximate surface area is 128 Å². The van der Waals surface area contributed by atoms with Crippen LogP contribution in [0.15, 0.2) is 0 Å². The van der Waals surface area contributed by atoms with Gasteiger partial charge < -0.3 is 5.32 Å². The topological polar surface area (TPSA) is 29.9 Å². The van der Waals surface area contributed by atoms with E-state index in [1.165, 1.54) is 37.8 Å². The first-order valence-electron chi connectivity index (χ1n) is 8.10. The Hall–Kier alpha value is -0.540. The van der Waals surface area contributed by atoms with E-state index in [1.54, 1.807) is 0 Å². The molecule has 0 aliphatic heterocycles. The molecule has 0 aromatic carbocycles. The lowest BCUT2D eigenvalue weighted by Crippen LogP contribution is -2.30. The molecule has 0 radical (unpaired) electrons. The minimum Gasteiger partial charge on any atom is -0.317 e. The SMILES string of the molecule is CCc1nn(CC)c(CC(CC2CCCC2)NC)c1Cl. The fraction of sp³-hybridized carbons (Fsp3) is 0.812. The van der Waals surface area contributed by atoms with Crippen molar-refractivity contribution in [1.82, 2.24) is 15.1 Å². The Morgan fingerprint density at radius 3 is 2.60 bits per heavy atom. The van der Waals surface area contributed by atoms with Crippen molar-refractivity contribution in [2.75, 3.05) is 7.05 Å². The summed E-state index contributed by atoms with van der Waals surface area (Å²) in [6, 6.07) is 0.516. The molecule has 20 heavy (non-hydrogen) atoms.